The zero-order valence-electron chi connectivity index (χ0n) is 13.9. The Kier molecular flexibility index (Phi) is 5.74. The summed E-state index contributed by atoms with van der Waals surface area (Å²) in [5.74, 6) is 0.750. The molecule has 1 aromatic carbocycles. The lowest BCUT2D eigenvalue weighted by atomic mass is 10.2. The average Bonchev–Trinajstić information content (AvgIpc) is 3.08. The lowest BCUT2D eigenvalue weighted by Crippen LogP contribution is -2.29. The summed E-state index contributed by atoms with van der Waals surface area (Å²) in [6, 6.07) is 13.5. The van der Waals surface area contributed by atoms with Crippen molar-refractivity contribution in [2.75, 3.05) is 13.2 Å². The first-order valence-corrected chi connectivity index (χ1v) is 8.90. The standard InChI is InChI=1S/C19H19N3O2S/c1-14-5-4-6-16(11-14)24-10-9-21-18(23)12-15-13-25-19(22-15)17-7-2-3-8-20-17/h2-8,11,13H,9-10,12H2,1H3,(H,21,23). The normalized spacial score (nSPS) is 10.4. The van der Waals surface area contributed by atoms with Crippen LogP contribution in [0.15, 0.2) is 54.0 Å². The fourth-order valence-corrected chi connectivity index (χ4v) is 3.08. The van der Waals surface area contributed by atoms with E-state index in [2.05, 4.69) is 15.3 Å². The molecule has 2 aromatic heterocycles. The van der Waals surface area contributed by atoms with Crippen molar-refractivity contribution in [2.24, 2.45) is 0 Å². The highest BCUT2D eigenvalue weighted by molar-refractivity contribution is 7.13. The second-order valence-corrected chi connectivity index (χ2v) is 6.41. The van der Waals surface area contributed by atoms with Crippen LogP contribution < -0.4 is 10.1 Å². The molecule has 6 heteroatoms. The third-order valence-electron chi connectivity index (χ3n) is 3.46. The lowest BCUT2D eigenvalue weighted by Gasteiger charge is -2.07. The van der Waals surface area contributed by atoms with Crippen molar-refractivity contribution in [1.82, 2.24) is 15.3 Å². The summed E-state index contributed by atoms with van der Waals surface area (Å²) in [5, 5.41) is 5.57. The smallest absolute Gasteiger partial charge is 0.226 e. The molecule has 0 saturated carbocycles. The van der Waals surface area contributed by atoms with E-state index in [1.54, 1.807) is 6.20 Å². The van der Waals surface area contributed by atoms with Crippen LogP contribution in [0.5, 0.6) is 5.75 Å². The number of pyridine rings is 1. The molecule has 3 aromatic rings. The Morgan fingerprint density at radius 1 is 1.24 bits per heavy atom. The minimum atomic E-state index is -0.0642. The van der Waals surface area contributed by atoms with Crippen molar-refractivity contribution in [3.05, 3.63) is 65.3 Å². The van der Waals surface area contributed by atoms with Gasteiger partial charge in [-0.1, -0.05) is 18.2 Å². The van der Waals surface area contributed by atoms with Gasteiger partial charge in [-0.05, 0) is 36.8 Å². The van der Waals surface area contributed by atoms with Gasteiger partial charge in [0.2, 0.25) is 5.91 Å². The van der Waals surface area contributed by atoms with E-state index in [-0.39, 0.29) is 12.3 Å². The van der Waals surface area contributed by atoms with Gasteiger partial charge in [0.15, 0.2) is 0 Å². The molecule has 3 rings (SSSR count). The highest BCUT2D eigenvalue weighted by Crippen LogP contribution is 2.21. The molecule has 0 aliphatic heterocycles. The van der Waals surface area contributed by atoms with E-state index in [1.165, 1.54) is 11.3 Å². The SMILES string of the molecule is Cc1cccc(OCCNC(=O)Cc2csc(-c3ccccn3)n2)c1. The number of benzene rings is 1. The highest BCUT2D eigenvalue weighted by atomic mass is 32.1. The molecule has 0 radical (unpaired) electrons. The van der Waals surface area contributed by atoms with Crippen molar-refractivity contribution in [3.63, 3.8) is 0 Å². The first-order valence-electron chi connectivity index (χ1n) is 8.03. The van der Waals surface area contributed by atoms with Gasteiger partial charge in [-0.2, -0.15) is 0 Å². The molecule has 0 saturated heterocycles. The minimum Gasteiger partial charge on any atom is -0.492 e. The average molecular weight is 353 g/mol. The molecule has 2 heterocycles. The number of carbonyl (C=O) groups is 1. The van der Waals surface area contributed by atoms with Gasteiger partial charge < -0.3 is 10.1 Å². The summed E-state index contributed by atoms with van der Waals surface area (Å²) in [7, 11) is 0. The predicted molar refractivity (Wildman–Crippen MR) is 98.7 cm³/mol. The number of amides is 1. The van der Waals surface area contributed by atoms with Crippen molar-refractivity contribution in [2.45, 2.75) is 13.3 Å². The van der Waals surface area contributed by atoms with Gasteiger partial charge in [-0.3, -0.25) is 9.78 Å². The largest absolute Gasteiger partial charge is 0.492 e. The van der Waals surface area contributed by atoms with Crippen molar-refractivity contribution in [1.29, 1.82) is 0 Å². The number of nitrogens with zero attached hydrogens (tertiary/aromatic N) is 2. The van der Waals surface area contributed by atoms with E-state index in [0.717, 1.165) is 27.7 Å². The molecule has 0 aliphatic rings. The number of thiazole rings is 1. The zero-order valence-corrected chi connectivity index (χ0v) is 14.8. The van der Waals surface area contributed by atoms with Crippen LogP contribution >= 0.6 is 11.3 Å². The van der Waals surface area contributed by atoms with Gasteiger partial charge in [0, 0.05) is 11.6 Å². The second-order valence-electron chi connectivity index (χ2n) is 5.55. The number of aromatic nitrogens is 2. The Balaban J connectivity index is 1.43. The number of rotatable bonds is 7. The predicted octanol–water partition coefficient (Wildman–Crippen LogP) is 3.25. The third kappa shape index (κ3) is 5.12. The van der Waals surface area contributed by atoms with E-state index >= 15 is 0 Å². The van der Waals surface area contributed by atoms with E-state index in [0.29, 0.717) is 13.2 Å². The number of nitrogens with one attached hydrogen (secondary N) is 1. The van der Waals surface area contributed by atoms with Crippen molar-refractivity contribution < 1.29 is 9.53 Å². The first-order chi connectivity index (χ1) is 12.2. The van der Waals surface area contributed by atoms with Gasteiger partial charge in [-0.15, -0.1) is 11.3 Å². The number of carbonyl (C=O) groups excluding carboxylic acids is 1. The van der Waals surface area contributed by atoms with E-state index in [1.807, 2.05) is 54.8 Å². The van der Waals surface area contributed by atoms with Crippen LogP contribution in [0.1, 0.15) is 11.3 Å². The lowest BCUT2D eigenvalue weighted by molar-refractivity contribution is -0.120. The van der Waals surface area contributed by atoms with E-state index in [9.17, 15) is 4.79 Å². The minimum absolute atomic E-state index is 0.0642. The molecule has 5 nitrogen and oxygen atoms in total. The van der Waals surface area contributed by atoms with Gasteiger partial charge in [0.1, 0.15) is 17.4 Å². The fraction of sp³-hybridized carbons (Fsp3) is 0.211. The maximum Gasteiger partial charge on any atom is 0.226 e. The molecule has 0 aliphatic carbocycles. The van der Waals surface area contributed by atoms with Crippen LogP contribution in [0.3, 0.4) is 0 Å². The molecule has 0 spiro atoms. The fourth-order valence-electron chi connectivity index (χ4n) is 2.29. The van der Waals surface area contributed by atoms with E-state index in [4.69, 9.17) is 4.74 Å². The molecule has 1 N–H and O–H groups in total. The topological polar surface area (TPSA) is 64.1 Å². The molecule has 25 heavy (non-hydrogen) atoms. The molecular formula is C19H19N3O2S. The summed E-state index contributed by atoms with van der Waals surface area (Å²) in [5.41, 5.74) is 2.72. The van der Waals surface area contributed by atoms with Crippen molar-refractivity contribution >= 4 is 17.2 Å². The first kappa shape index (κ1) is 17.1. The molecule has 0 fully saturated rings. The summed E-state index contributed by atoms with van der Waals surface area (Å²) < 4.78 is 5.61. The molecule has 0 unspecified atom stereocenters. The molecule has 1 amide bonds. The van der Waals surface area contributed by atoms with Crippen LogP contribution in [0.4, 0.5) is 0 Å². The van der Waals surface area contributed by atoms with Crippen LogP contribution in [0.2, 0.25) is 0 Å². The Labute approximate surface area is 150 Å². The zero-order chi connectivity index (χ0) is 17.5. The number of aryl methyl sites for hydroxylation is 1. The number of hydrogen-bond acceptors (Lipinski definition) is 5. The summed E-state index contributed by atoms with van der Waals surface area (Å²) in [4.78, 5) is 20.7. The molecular weight excluding hydrogens is 334 g/mol. The summed E-state index contributed by atoms with van der Waals surface area (Å²) >= 11 is 1.49. The van der Waals surface area contributed by atoms with Crippen molar-refractivity contribution in [3.8, 4) is 16.5 Å². The van der Waals surface area contributed by atoms with Crippen LogP contribution in [-0.4, -0.2) is 29.0 Å². The monoisotopic (exact) mass is 353 g/mol. The van der Waals surface area contributed by atoms with Gasteiger partial charge in [-0.25, -0.2) is 4.98 Å². The van der Waals surface area contributed by atoms with Gasteiger partial charge >= 0.3 is 0 Å². The number of ether oxygens (including phenoxy) is 1. The Morgan fingerprint density at radius 3 is 2.96 bits per heavy atom. The molecule has 0 bridgehead atoms. The third-order valence-corrected chi connectivity index (χ3v) is 4.37. The Bertz CT molecular complexity index is 833. The summed E-state index contributed by atoms with van der Waals surface area (Å²) in [6.07, 6.45) is 1.99. The molecule has 128 valence electrons. The number of hydrogen-bond donors (Lipinski definition) is 1. The maximum absolute atomic E-state index is 12.0. The van der Waals surface area contributed by atoms with Gasteiger partial charge in [0.25, 0.3) is 0 Å². The maximum atomic E-state index is 12.0. The Hall–Kier alpha value is -2.73. The Morgan fingerprint density at radius 2 is 2.16 bits per heavy atom. The second kappa shape index (κ2) is 8.39. The van der Waals surface area contributed by atoms with E-state index < -0.39 is 0 Å². The quantitative estimate of drug-likeness (QED) is 0.662. The van der Waals surface area contributed by atoms with Crippen LogP contribution in [0.25, 0.3) is 10.7 Å². The summed E-state index contributed by atoms with van der Waals surface area (Å²) in [6.45, 7) is 2.91. The van der Waals surface area contributed by atoms with Crippen LogP contribution in [-0.2, 0) is 11.2 Å². The van der Waals surface area contributed by atoms with Gasteiger partial charge in [0.05, 0.1) is 24.4 Å². The highest BCUT2D eigenvalue weighted by Gasteiger charge is 2.09. The van der Waals surface area contributed by atoms with Crippen LogP contribution in [0, 0.1) is 6.92 Å². The molecule has 0 atom stereocenters.